The van der Waals surface area contributed by atoms with Crippen molar-refractivity contribution in [2.45, 2.75) is 166 Å². The fourth-order valence-electron chi connectivity index (χ4n) is 13.3. The molecule has 5 N–H and O–H groups in total. The zero-order valence-corrected chi connectivity index (χ0v) is 66.5. The van der Waals surface area contributed by atoms with Gasteiger partial charge in [0.25, 0.3) is 11.8 Å². The summed E-state index contributed by atoms with van der Waals surface area (Å²) >= 11 is -0.315. The average molecular weight is 1560 g/mol. The van der Waals surface area contributed by atoms with E-state index in [2.05, 4.69) is 26.7 Å². The van der Waals surface area contributed by atoms with Crippen molar-refractivity contribution in [3.8, 4) is 11.5 Å². The first-order chi connectivity index (χ1) is 53.7. The first-order valence-corrected chi connectivity index (χ1v) is 40.1. The van der Waals surface area contributed by atoms with Gasteiger partial charge >= 0.3 is 123 Å². The fourth-order valence-corrected chi connectivity index (χ4v) is 14.1. The summed E-state index contributed by atoms with van der Waals surface area (Å²) in [5.41, 5.74) is 6.28. The Bertz CT molecular complexity index is 3720. The van der Waals surface area contributed by atoms with Gasteiger partial charge in [0.2, 0.25) is 17.7 Å². The number of hydrogen-bond acceptors (Lipinski definition) is 22. The number of likely N-dealkylation sites (tertiary alicyclic amines) is 1. The summed E-state index contributed by atoms with van der Waals surface area (Å²) in [6.07, 6.45) is 11.8. The molecule has 0 spiro atoms. The predicted octanol–water partition coefficient (Wildman–Crippen LogP) is 6.94. The monoisotopic (exact) mass is 1560 g/mol. The zero-order valence-electron chi connectivity index (χ0n) is 65.4. The van der Waals surface area contributed by atoms with E-state index in [1.807, 2.05) is 38.4 Å². The van der Waals surface area contributed by atoms with Gasteiger partial charge in [-0.05, 0) is 118 Å². The Kier molecular flexibility index (Phi) is 37.1. The number of benzene rings is 3. The molecule has 8 rings (SSSR count). The molecule has 5 aliphatic heterocycles. The number of fused-ring (bicyclic) bond motifs is 4. The number of aliphatic imine (C=N–C) groups is 1. The Balaban J connectivity index is 0.632. The van der Waals surface area contributed by atoms with Crippen molar-refractivity contribution in [2.24, 2.45) is 10.9 Å². The molecule has 31 heteroatoms. The van der Waals surface area contributed by atoms with E-state index in [0.717, 1.165) is 72.1 Å². The number of imide groups is 1. The molecule has 0 bridgehead atoms. The fraction of sp³-hybridized carbons (Fsp3) is 0.588. The first kappa shape index (κ1) is 88.2. The van der Waals surface area contributed by atoms with E-state index in [4.69, 9.17) is 57.1 Å². The quantitative estimate of drug-likeness (QED) is 0.0217. The summed E-state index contributed by atoms with van der Waals surface area (Å²) in [6.45, 7) is 15.2. The number of nitrogens with one attached hydrogen (secondary N) is 4. The van der Waals surface area contributed by atoms with Crippen LogP contribution >= 0.6 is 0 Å². The molecule has 1 saturated heterocycles. The molecule has 5 heterocycles. The minimum atomic E-state index is -1.46. The summed E-state index contributed by atoms with van der Waals surface area (Å²) in [5, 5.41) is 26.9. The van der Waals surface area contributed by atoms with Gasteiger partial charge in [0.05, 0.1) is 148 Å². The number of aryl methyl sites for hydroxylation is 2. The van der Waals surface area contributed by atoms with E-state index < -0.39 is 48.2 Å². The molecule has 1 fully saturated rings. The molecule has 3 aromatic carbocycles. The van der Waals surface area contributed by atoms with Gasteiger partial charge in [0.1, 0.15) is 30.2 Å². The second-order valence-corrected chi connectivity index (χ2v) is 29.5. The van der Waals surface area contributed by atoms with Crippen LogP contribution < -0.4 is 35.6 Å². The van der Waals surface area contributed by atoms with Crippen molar-refractivity contribution in [3.05, 3.63) is 99.9 Å². The summed E-state index contributed by atoms with van der Waals surface area (Å²) in [5.74, 6) is -1.44. The van der Waals surface area contributed by atoms with Crippen molar-refractivity contribution in [1.82, 2.24) is 30.7 Å². The normalized spacial score (nSPS) is 17.6. The Morgan fingerprint density at radius 2 is 1.14 bits per heavy atom. The van der Waals surface area contributed by atoms with Crippen molar-refractivity contribution < 1.29 is 100 Å². The molecule has 0 aromatic heterocycles. The van der Waals surface area contributed by atoms with Gasteiger partial charge in [-0.25, -0.2) is 9.69 Å². The molecule has 606 valence electrons. The van der Waals surface area contributed by atoms with Gasteiger partial charge in [-0.15, -0.1) is 0 Å². The van der Waals surface area contributed by atoms with Crippen molar-refractivity contribution in [1.29, 1.82) is 0 Å². The number of ether oxygens (including phenoxy) is 11. The van der Waals surface area contributed by atoms with Crippen LogP contribution in [0.5, 0.6) is 11.5 Å². The van der Waals surface area contributed by atoms with Crippen LogP contribution in [0, 0.1) is 5.92 Å². The van der Waals surface area contributed by atoms with Gasteiger partial charge in [0.15, 0.2) is 6.23 Å². The Hall–Kier alpha value is -8.32. The summed E-state index contributed by atoms with van der Waals surface area (Å²) in [6, 6.07) is 11.0. The van der Waals surface area contributed by atoms with E-state index >= 15 is 0 Å². The van der Waals surface area contributed by atoms with Crippen LogP contribution in [0.25, 0.3) is 0 Å². The number of aliphatic hydroxyl groups excluding tert-OH is 1. The number of methoxy groups -OCH3 is 2. The van der Waals surface area contributed by atoms with Gasteiger partial charge in [-0.3, -0.25) is 29.0 Å². The Morgan fingerprint density at radius 3 is 1.72 bits per heavy atom. The average Bonchev–Trinajstić information content (AvgIpc) is 1.63. The third-order valence-electron chi connectivity index (χ3n) is 19.4. The van der Waals surface area contributed by atoms with E-state index in [9.17, 15) is 48.3 Å². The zero-order chi connectivity index (χ0) is 79.6. The molecular weight excluding hydrogens is 1450 g/mol. The molecule has 0 saturated carbocycles. The topological polar surface area (TPSA) is 349 Å². The number of amides is 9. The number of anilines is 2. The van der Waals surface area contributed by atoms with Crippen LogP contribution in [0.3, 0.4) is 0 Å². The molecule has 5 aliphatic rings. The number of nitrogens with zero attached hydrogens (tertiary/aromatic N) is 5. The van der Waals surface area contributed by atoms with Crippen LogP contribution in [0.4, 0.5) is 21.9 Å². The third-order valence-corrected chi connectivity index (χ3v) is 20.5. The number of aliphatic hydroxyl groups is 1. The molecular formula is C80H112AlN9O21. The molecule has 0 radical (unpaired) electrons. The molecule has 30 nitrogen and oxygen atoms in total. The Morgan fingerprint density at radius 1 is 0.604 bits per heavy atom. The van der Waals surface area contributed by atoms with Crippen LogP contribution in [0.2, 0.25) is 4.78 Å². The van der Waals surface area contributed by atoms with Crippen molar-refractivity contribution in [3.63, 3.8) is 0 Å². The van der Waals surface area contributed by atoms with Gasteiger partial charge < -0.3 is 78.2 Å². The van der Waals surface area contributed by atoms with E-state index in [1.165, 1.54) is 23.8 Å². The second-order valence-electron chi connectivity index (χ2n) is 28.3. The maximum atomic E-state index is 14.3. The van der Waals surface area contributed by atoms with E-state index in [-0.39, 0.29) is 112 Å². The SMILES string of the molecule is [CH2]=[Al][CH]1CC(=O)N(CCCCC(=O)NCCOCCOCCOCCOCCOCCOCCOCCOCCC(=O)N[C@H](C(=O)N[C@@H](C)C(=O)Nc2ccc(COC(=O)N3c4cc(CCCCCCCc5cc6c(cc5OC)C(=O)N5C=C(C)C[C@H]5C=N6)c(OC)cc4C(=O)N4C=C(C)C[C@H]4[C@@H]3O)cc2)C(C)C)C1=O. The Labute approximate surface area is 656 Å². The van der Waals surface area contributed by atoms with Crippen LogP contribution in [0.1, 0.15) is 149 Å². The molecule has 9 amide bonds. The van der Waals surface area contributed by atoms with E-state index in [0.29, 0.717) is 165 Å². The molecule has 6 atom stereocenters. The number of hydrogen-bond donors (Lipinski definition) is 5. The van der Waals surface area contributed by atoms with Gasteiger partial charge in [-0.1, -0.05) is 56.4 Å². The standard InChI is InChI=1S/C79H110N9O21.CH2.Al/c1-53(2)73(84-70(90)24-27-101-29-31-103-33-35-105-37-39-107-41-42-108-40-38-106-36-34-104-32-30-102-28-25-80-69(89)17-13-14-26-85-71(91)22-23-72(85)92)75(94)82-56(5)74(93)83-60-20-18-57(19-21-60)52-109-79(98)88-65-46-59(68(100-7)48-63(65)77(96)87-51-55(4)44-66(87)78(88)97)16-12-10-8-9-11-15-58-45-64-62(47-67(58)99-6)76(95)86-50-54(3)43-61(86)49-81-64;;/h18-22,45-51,53,56,61,66,73,78,97H,8-17,23-44,52H2,1-7H3,(H,80,89)(H,82,94)(H,83,93)(H,84,90);1H2;/t56-,61-,66-,73-,78-;;/m0../s1. The minimum absolute atomic E-state index is 0.00605. The summed E-state index contributed by atoms with van der Waals surface area (Å²) < 4.78 is 61.5. The summed E-state index contributed by atoms with van der Waals surface area (Å²) in [4.78, 5) is 129. The number of carbonyl (C=O) groups excluding carboxylic acids is 9. The summed E-state index contributed by atoms with van der Waals surface area (Å²) in [7, 11) is 3.16. The predicted molar refractivity (Wildman–Crippen MR) is 415 cm³/mol. The first-order valence-electron chi connectivity index (χ1n) is 38.6. The van der Waals surface area contributed by atoms with Crippen LogP contribution in [-0.4, -0.2) is 263 Å². The third kappa shape index (κ3) is 27.2. The molecule has 111 heavy (non-hydrogen) atoms. The molecule has 1 unspecified atom stereocenters. The maximum absolute atomic E-state index is 14.3. The number of carbonyl (C=O) groups is 9. The van der Waals surface area contributed by atoms with Gasteiger partial charge in [-0.2, -0.15) is 0 Å². The van der Waals surface area contributed by atoms with Gasteiger partial charge in [0, 0.05) is 30.7 Å². The number of rotatable bonds is 51. The van der Waals surface area contributed by atoms with Crippen molar-refractivity contribution in [2.75, 3.05) is 143 Å². The van der Waals surface area contributed by atoms with Crippen LogP contribution in [-0.2, 0) is 90.8 Å². The van der Waals surface area contributed by atoms with Crippen LogP contribution in [0.15, 0.2) is 77.1 Å². The number of unbranched alkanes of at least 4 members (excludes halogenated alkanes) is 5. The molecule has 0 aliphatic carbocycles. The molecule has 3 aromatic rings. The van der Waals surface area contributed by atoms with Crippen molar-refractivity contribution >= 4 is 96.8 Å². The second kappa shape index (κ2) is 46.6. The van der Waals surface area contributed by atoms with E-state index in [1.54, 1.807) is 68.5 Å².